The fraction of sp³-hybridized carbons (Fsp3) is 1.00. The van der Waals surface area contributed by atoms with Gasteiger partial charge in [-0.05, 0) is 0 Å². The highest BCUT2D eigenvalue weighted by Crippen LogP contribution is 2.06. The number of hydrogen-bond donors (Lipinski definition) is 0. The molecule has 0 spiro atoms. The minimum Gasteiger partial charge on any atom is -0.205 e. The molecule has 0 N–H and O–H groups in total. The number of halogens is 5. The smallest absolute Gasteiger partial charge is 0.205 e. The zero-order chi connectivity index (χ0) is 8.08. The van der Waals surface area contributed by atoms with Crippen LogP contribution in [0.2, 0.25) is 0 Å². The molecule has 0 aliphatic carbocycles. The monoisotopic (exact) mass is 292 g/mol. The Hall–Kier alpha value is 0.700. The fourth-order valence-electron chi connectivity index (χ4n) is 0. The van der Waals surface area contributed by atoms with E-state index in [1.165, 1.54) is 0 Å². The molecule has 0 radical (unpaired) electrons. The Bertz CT molecular complexity index is 131. The van der Waals surface area contributed by atoms with Gasteiger partial charge in [0.1, 0.15) is 0 Å². The molecule has 0 aromatic heterocycles. The van der Waals surface area contributed by atoms with Crippen LogP contribution in [0.1, 0.15) is 0 Å². The van der Waals surface area contributed by atoms with Gasteiger partial charge in [-0.1, -0.05) is 0 Å². The quantitative estimate of drug-likeness (QED) is 0.642. The van der Waals surface area contributed by atoms with Crippen molar-refractivity contribution in [1.82, 2.24) is 0 Å². The SMILES string of the molecule is FC(F)F.O=S(=O)(Br)Br. The molecule has 8 heteroatoms. The van der Waals surface area contributed by atoms with Gasteiger partial charge >= 0.3 is 6.68 Å². The summed E-state index contributed by atoms with van der Waals surface area (Å²) in [6.07, 6.45) is 0. The van der Waals surface area contributed by atoms with Gasteiger partial charge in [0.25, 0.3) is 6.70 Å². The molecule has 0 unspecified atom stereocenters. The lowest BCUT2D eigenvalue weighted by Gasteiger charge is -1.65. The van der Waals surface area contributed by atoms with Crippen LogP contribution in [0.4, 0.5) is 13.2 Å². The third-order valence-electron chi connectivity index (χ3n) is 0. The van der Waals surface area contributed by atoms with Gasteiger partial charge in [-0.2, -0.15) is 13.2 Å². The van der Waals surface area contributed by atoms with Crippen LogP contribution in [0.25, 0.3) is 0 Å². The van der Waals surface area contributed by atoms with Crippen molar-refractivity contribution in [3.8, 4) is 0 Å². The summed E-state index contributed by atoms with van der Waals surface area (Å²) < 4.78 is 47.9. The lowest BCUT2D eigenvalue weighted by atomic mass is 11.6. The van der Waals surface area contributed by atoms with E-state index in [9.17, 15) is 21.6 Å². The molecule has 0 aliphatic heterocycles. The highest BCUT2D eigenvalue weighted by Gasteiger charge is 1.87. The fourth-order valence-corrected chi connectivity index (χ4v) is 0. The maximum atomic E-state index is 9.67. The molecule has 0 aliphatic rings. The number of hydrogen-bond acceptors (Lipinski definition) is 2. The summed E-state index contributed by atoms with van der Waals surface area (Å²) in [5, 5.41) is 0. The molecule has 0 saturated carbocycles. The maximum absolute atomic E-state index is 9.67. The molecule has 0 rings (SSSR count). The van der Waals surface area contributed by atoms with E-state index in [0.717, 1.165) is 0 Å². The second-order valence-corrected chi connectivity index (χ2v) is 9.10. The normalized spacial score (nSPS) is 10.4. The van der Waals surface area contributed by atoms with Crippen molar-refractivity contribution in [2.75, 3.05) is 0 Å². The van der Waals surface area contributed by atoms with Crippen LogP contribution in [0.5, 0.6) is 0 Å². The minimum absolute atomic E-state index is 2.26. The first-order chi connectivity index (χ1) is 3.73. The molecule has 0 saturated heterocycles. The van der Waals surface area contributed by atoms with E-state index in [2.05, 4.69) is 29.6 Å². The number of alkyl halides is 3. The number of rotatable bonds is 0. The maximum Gasteiger partial charge on any atom is 0.379 e. The third-order valence-corrected chi connectivity index (χ3v) is 0. The van der Waals surface area contributed by atoms with Crippen LogP contribution in [-0.4, -0.2) is 15.1 Å². The van der Waals surface area contributed by atoms with Gasteiger partial charge in [0.15, 0.2) is 0 Å². The largest absolute Gasteiger partial charge is 0.379 e. The molecule has 2 nitrogen and oxygen atoms in total. The van der Waals surface area contributed by atoms with E-state index in [4.69, 9.17) is 0 Å². The second kappa shape index (κ2) is 5.48. The van der Waals surface area contributed by atoms with Crippen LogP contribution in [0.3, 0.4) is 0 Å². The summed E-state index contributed by atoms with van der Waals surface area (Å²) in [4.78, 5) is 0. The van der Waals surface area contributed by atoms with Crippen molar-refractivity contribution < 1.29 is 21.6 Å². The lowest BCUT2D eigenvalue weighted by Crippen LogP contribution is -1.65. The van der Waals surface area contributed by atoms with Gasteiger partial charge in [0.05, 0.1) is 29.6 Å². The summed E-state index contributed by atoms with van der Waals surface area (Å²) in [6, 6.07) is 0. The predicted octanol–water partition coefficient (Wildman–Crippen LogP) is 2.20. The molecule has 58 valence electrons. The molecule has 0 atom stereocenters. The second-order valence-electron chi connectivity index (χ2n) is 0.626. The topological polar surface area (TPSA) is 34.1 Å². The zero-order valence-electron chi connectivity index (χ0n) is 3.69. The van der Waals surface area contributed by atoms with Crippen molar-refractivity contribution >= 4 is 36.3 Å². The molecule has 0 bridgehead atoms. The average Bonchev–Trinajstić information content (AvgIpc) is 1.19. The molecule has 0 aromatic rings. The van der Waals surface area contributed by atoms with Crippen molar-refractivity contribution in [2.45, 2.75) is 6.68 Å². The molecule has 0 aromatic carbocycles. The summed E-state index contributed by atoms with van der Waals surface area (Å²) >= 11 is 4.53. The van der Waals surface area contributed by atoms with E-state index in [-0.39, 0.29) is 0 Å². The Kier molecular flexibility index (Phi) is 7.54. The van der Waals surface area contributed by atoms with Crippen molar-refractivity contribution in [3.05, 3.63) is 0 Å². The van der Waals surface area contributed by atoms with Gasteiger partial charge in [-0.3, -0.25) is 0 Å². The average molecular weight is 294 g/mol. The van der Waals surface area contributed by atoms with E-state index in [1.807, 2.05) is 0 Å². The third kappa shape index (κ3) is 797. The van der Waals surface area contributed by atoms with Crippen LogP contribution in [0, 0.1) is 0 Å². The molecule has 9 heavy (non-hydrogen) atoms. The Labute approximate surface area is 64.8 Å². The highest BCUT2D eigenvalue weighted by atomic mass is 79.9. The first-order valence-corrected chi connectivity index (χ1v) is 6.47. The summed E-state index contributed by atoms with van der Waals surface area (Å²) in [6.45, 7) is -6.71. The molecule has 0 heterocycles. The van der Waals surface area contributed by atoms with E-state index in [1.54, 1.807) is 0 Å². The van der Waals surface area contributed by atoms with Gasteiger partial charge < -0.3 is 0 Å². The van der Waals surface area contributed by atoms with Crippen LogP contribution < -0.4 is 0 Å². The van der Waals surface area contributed by atoms with E-state index >= 15 is 0 Å². The van der Waals surface area contributed by atoms with Crippen LogP contribution in [0.15, 0.2) is 0 Å². The van der Waals surface area contributed by atoms with Crippen molar-refractivity contribution in [1.29, 1.82) is 0 Å². The summed E-state index contributed by atoms with van der Waals surface area (Å²) in [7, 11) is 0. The van der Waals surface area contributed by atoms with E-state index < -0.39 is 13.4 Å². The Morgan fingerprint density at radius 1 is 1.11 bits per heavy atom. The van der Waals surface area contributed by atoms with Crippen LogP contribution in [-0.2, 0) is 6.70 Å². The van der Waals surface area contributed by atoms with E-state index in [0.29, 0.717) is 0 Å². The van der Waals surface area contributed by atoms with Gasteiger partial charge in [0.2, 0.25) is 0 Å². The molecule has 0 fully saturated rings. The Morgan fingerprint density at radius 3 is 1.11 bits per heavy atom. The van der Waals surface area contributed by atoms with Crippen molar-refractivity contribution in [3.63, 3.8) is 0 Å². The standard InChI is InChI=1S/CHF3.Br2O2S/c2-1(3)4;1-5(2,3)4/h1H;. The van der Waals surface area contributed by atoms with Crippen LogP contribution >= 0.6 is 29.6 Å². The summed E-state index contributed by atoms with van der Waals surface area (Å²) in [5.74, 6) is 0. The Morgan fingerprint density at radius 2 is 1.11 bits per heavy atom. The first-order valence-electron chi connectivity index (χ1n) is 1.30. The lowest BCUT2D eigenvalue weighted by molar-refractivity contribution is 0.00819. The minimum atomic E-state index is -3.67. The zero-order valence-corrected chi connectivity index (χ0v) is 7.68. The molecular weight excluding hydrogens is 293 g/mol. The highest BCUT2D eigenvalue weighted by molar-refractivity contribution is 9.79. The van der Waals surface area contributed by atoms with Crippen molar-refractivity contribution in [2.24, 2.45) is 0 Å². The van der Waals surface area contributed by atoms with Gasteiger partial charge in [-0.15, -0.1) is 0 Å². The van der Waals surface area contributed by atoms with Gasteiger partial charge in [0, 0.05) is 0 Å². The molecule has 0 amide bonds. The molecular formula is CHBr2F3O2S. The predicted molar refractivity (Wildman–Crippen MR) is 33.9 cm³/mol. The Balaban J connectivity index is 0. The summed E-state index contributed by atoms with van der Waals surface area (Å²) in [5.41, 5.74) is 0. The first kappa shape index (κ1) is 12.4. The van der Waals surface area contributed by atoms with Gasteiger partial charge in [-0.25, -0.2) is 8.42 Å².